The predicted molar refractivity (Wildman–Crippen MR) is 91.4 cm³/mol. The van der Waals surface area contributed by atoms with Crippen molar-refractivity contribution < 1.29 is 15.3 Å². The Morgan fingerprint density at radius 3 is 2.30 bits per heavy atom. The van der Waals surface area contributed by atoms with Gasteiger partial charge >= 0.3 is 0 Å². The van der Waals surface area contributed by atoms with E-state index in [1.54, 1.807) is 24.3 Å². The highest BCUT2D eigenvalue weighted by atomic mass is 16.3. The van der Waals surface area contributed by atoms with Gasteiger partial charge in [0.1, 0.15) is 11.5 Å². The van der Waals surface area contributed by atoms with Crippen LogP contribution in [0, 0.1) is 5.92 Å². The highest BCUT2D eigenvalue weighted by Crippen LogP contribution is 2.46. The quantitative estimate of drug-likeness (QED) is 0.749. The van der Waals surface area contributed by atoms with E-state index >= 15 is 0 Å². The third kappa shape index (κ3) is 2.91. The molecular weight excluding hydrogens is 288 g/mol. The van der Waals surface area contributed by atoms with Crippen molar-refractivity contribution in [2.45, 2.75) is 31.6 Å². The zero-order valence-electron chi connectivity index (χ0n) is 13.2. The van der Waals surface area contributed by atoms with E-state index in [0.717, 1.165) is 18.4 Å². The maximum Gasteiger partial charge on any atom is 0.115 e. The fourth-order valence-corrected chi connectivity index (χ4v) is 3.54. The van der Waals surface area contributed by atoms with Gasteiger partial charge in [0.15, 0.2) is 0 Å². The van der Waals surface area contributed by atoms with Gasteiger partial charge in [0, 0.05) is 11.8 Å². The molecule has 3 nitrogen and oxygen atoms in total. The third-order valence-corrected chi connectivity index (χ3v) is 5.08. The van der Waals surface area contributed by atoms with Gasteiger partial charge in [-0.25, -0.2) is 0 Å². The maximum atomic E-state index is 9.67. The Kier molecular flexibility index (Phi) is 4.03. The zero-order chi connectivity index (χ0) is 16.4. The van der Waals surface area contributed by atoms with Crippen LogP contribution >= 0.6 is 0 Å². The number of aromatic hydroxyl groups is 1. The molecule has 0 spiro atoms. The van der Waals surface area contributed by atoms with Crippen molar-refractivity contribution in [1.29, 1.82) is 0 Å². The smallest absolute Gasteiger partial charge is 0.115 e. The summed E-state index contributed by atoms with van der Waals surface area (Å²) in [6.45, 7) is 2.20. The molecular formula is C20H22O3. The number of benzene rings is 1. The first-order valence-electron chi connectivity index (χ1n) is 7.96. The van der Waals surface area contributed by atoms with Crippen molar-refractivity contribution in [3.8, 4) is 5.75 Å². The van der Waals surface area contributed by atoms with E-state index in [0.29, 0.717) is 17.9 Å². The first-order valence-corrected chi connectivity index (χ1v) is 7.96. The fourth-order valence-electron chi connectivity index (χ4n) is 3.54. The number of hydrogen-bond donors (Lipinski definition) is 3. The lowest BCUT2D eigenvalue weighted by molar-refractivity contribution is 0.352. The van der Waals surface area contributed by atoms with Gasteiger partial charge in [0.2, 0.25) is 0 Å². The van der Waals surface area contributed by atoms with Gasteiger partial charge in [-0.15, -0.1) is 0 Å². The van der Waals surface area contributed by atoms with Crippen LogP contribution in [0.4, 0.5) is 0 Å². The number of aliphatic hydroxyl groups excluding tert-OH is 2. The second kappa shape index (κ2) is 5.99. The van der Waals surface area contributed by atoms with Crippen LogP contribution in [-0.2, 0) is 5.41 Å². The molecule has 2 unspecified atom stereocenters. The first-order chi connectivity index (χ1) is 11.0. The molecule has 0 heterocycles. The first kappa shape index (κ1) is 15.5. The summed E-state index contributed by atoms with van der Waals surface area (Å²) in [6.07, 6.45) is 11.7. The summed E-state index contributed by atoms with van der Waals surface area (Å²) in [4.78, 5) is 0. The minimum absolute atomic E-state index is 0.211. The van der Waals surface area contributed by atoms with E-state index in [2.05, 4.69) is 13.0 Å². The lowest BCUT2D eigenvalue weighted by atomic mass is 9.63. The van der Waals surface area contributed by atoms with Gasteiger partial charge in [-0.2, -0.15) is 0 Å². The van der Waals surface area contributed by atoms with Crippen molar-refractivity contribution in [3.63, 3.8) is 0 Å². The molecule has 2 aliphatic rings. The number of allylic oxidation sites excluding steroid dienone is 7. The predicted octanol–water partition coefficient (Wildman–Crippen LogP) is 4.83. The fraction of sp³-hybridized carbons (Fsp3) is 0.300. The van der Waals surface area contributed by atoms with E-state index in [9.17, 15) is 15.3 Å². The van der Waals surface area contributed by atoms with Crippen molar-refractivity contribution >= 4 is 0 Å². The van der Waals surface area contributed by atoms with Gasteiger partial charge < -0.3 is 15.3 Å². The lowest BCUT2D eigenvalue weighted by Gasteiger charge is -2.40. The van der Waals surface area contributed by atoms with Crippen LogP contribution in [0.2, 0.25) is 0 Å². The second-order valence-corrected chi connectivity index (χ2v) is 6.43. The van der Waals surface area contributed by atoms with Crippen LogP contribution in [-0.4, -0.2) is 15.3 Å². The molecule has 120 valence electrons. The minimum Gasteiger partial charge on any atom is -0.512 e. The Balaban J connectivity index is 2.06. The molecule has 0 saturated carbocycles. The largest absolute Gasteiger partial charge is 0.512 e. The van der Waals surface area contributed by atoms with Crippen molar-refractivity contribution in [3.05, 3.63) is 77.3 Å². The molecule has 0 aliphatic heterocycles. The normalized spacial score (nSPS) is 23.5. The van der Waals surface area contributed by atoms with Gasteiger partial charge in [0.25, 0.3) is 0 Å². The average molecular weight is 310 g/mol. The molecule has 0 fully saturated rings. The minimum atomic E-state index is -0.251. The van der Waals surface area contributed by atoms with E-state index < -0.39 is 0 Å². The van der Waals surface area contributed by atoms with E-state index in [4.69, 9.17) is 0 Å². The molecule has 3 N–H and O–H groups in total. The van der Waals surface area contributed by atoms with Crippen LogP contribution in [0.5, 0.6) is 5.75 Å². The molecule has 3 rings (SSSR count). The highest BCUT2D eigenvalue weighted by Gasteiger charge is 2.38. The molecule has 0 saturated heterocycles. The van der Waals surface area contributed by atoms with Crippen molar-refractivity contribution in [1.82, 2.24) is 0 Å². The Bertz CT molecular complexity index is 707. The van der Waals surface area contributed by atoms with Crippen LogP contribution in [0.25, 0.3) is 0 Å². The Labute approximate surface area is 136 Å². The van der Waals surface area contributed by atoms with Gasteiger partial charge in [-0.1, -0.05) is 36.8 Å². The molecule has 1 aromatic rings. The molecule has 0 bridgehead atoms. The molecule has 2 aliphatic carbocycles. The molecule has 2 atom stereocenters. The molecule has 0 amide bonds. The highest BCUT2D eigenvalue weighted by molar-refractivity contribution is 5.44. The summed E-state index contributed by atoms with van der Waals surface area (Å²) in [6, 6.07) is 7.34. The van der Waals surface area contributed by atoms with Crippen LogP contribution < -0.4 is 0 Å². The number of aliphatic hydroxyl groups is 2. The monoisotopic (exact) mass is 310 g/mol. The summed E-state index contributed by atoms with van der Waals surface area (Å²) in [5.74, 6) is 1.19. The SMILES string of the molecule is CC(C1=CC=C(O)CC1)(c1ccc(O)cc1)C1C=CC(O)=CC1. The van der Waals surface area contributed by atoms with Crippen LogP contribution in [0.1, 0.15) is 31.7 Å². The maximum absolute atomic E-state index is 9.67. The number of phenolic OH excluding ortho intramolecular Hbond substituents is 1. The second-order valence-electron chi connectivity index (χ2n) is 6.43. The Morgan fingerprint density at radius 1 is 1.00 bits per heavy atom. The van der Waals surface area contributed by atoms with Gasteiger partial charge in [-0.3, -0.25) is 0 Å². The van der Waals surface area contributed by atoms with Crippen molar-refractivity contribution in [2.75, 3.05) is 0 Å². The Hall–Kier alpha value is -2.42. The molecule has 23 heavy (non-hydrogen) atoms. The summed E-state index contributed by atoms with van der Waals surface area (Å²) in [5.41, 5.74) is 2.13. The summed E-state index contributed by atoms with van der Waals surface area (Å²) < 4.78 is 0. The van der Waals surface area contributed by atoms with Crippen LogP contribution in [0.15, 0.2) is 71.7 Å². The molecule has 3 heteroatoms. The van der Waals surface area contributed by atoms with Gasteiger partial charge in [0.05, 0.1) is 5.76 Å². The van der Waals surface area contributed by atoms with Crippen LogP contribution in [0.3, 0.4) is 0 Å². The summed E-state index contributed by atoms with van der Waals surface area (Å²) in [5, 5.41) is 28.9. The lowest BCUT2D eigenvalue weighted by Crippen LogP contribution is -2.34. The van der Waals surface area contributed by atoms with E-state index in [-0.39, 0.29) is 17.1 Å². The number of rotatable bonds is 3. The topological polar surface area (TPSA) is 60.7 Å². The molecule has 1 aromatic carbocycles. The Morgan fingerprint density at radius 2 is 1.74 bits per heavy atom. The zero-order valence-corrected chi connectivity index (χ0v) is 13.2. The third-order valence-electron chi connectivity index (χ3n) is 5.08. The number of hydrogen-bond acceptors (Lipinski definition) is 3. The average Bonchev–Trinajstić information content (AvgIpc) is 2.56. The van der Waals surface area contributed by atoms with Crippen molar-refractivity contribution in [2.24, 2.45) is 5.92 Å². The standard InChI is InChI=1S/C20H22O3/c1-20(14-2-8-17(21)9-3-14,15-4-10-18(22)11-5-15)16-6-12-19(23)13-7-16/h2-4,6,8-12,15,21-23H,5,7,13H2,1H3. The van der Waals surface area contributed by atoms with E-state index in [1.165, 1.54) is 5.57 Å². The summed E-state index contributed by atoms with van der Waals surface area (Å²) in [7, 11) is 0. The molecule has 0 radical (unpaired) electrons. The van der Waals surface area contributed by atoms with E-state index in [1.807, 2.05) is 24.3 Å². The summed E-state index contributed by atoms with van der Waals surface area (Å²) >= 11 is 0. The van der Waals surface area contributed by atoms with Gasteiger partial charge in [-0.05, 0) is 54.7 Å². The number of phenols is 1. The molecule has 0 aromatic heterocycles.